The van der Waals surface area contributed by atoms with Crippen molar-refractivity contribution < 1.29 is 49.3 Å². The fourth-order valence-electron chi connectivity index (χ4n) is 10.0. The van der Waals surface area contributed by atoms with E-state index in [9.17, 15) is 35.1 Å². The van der Waals surface area contributed by atoms with E-state index >= 15 is 0 Å². The monoisotopic (exact) mass is 1140 g/mol. The molecule has 7 unspecified atom stereocenters. The molecule has 1 rings (SSSR count). The average molecular weight is 1140 g/mol. The van der Waals surface area contributed by atoms with Gasteiger partial charge in [0.2, 0.25) is 5.91 Å². The van der Waals surface area contributed by atoms with Crippen LogP contribution < -0.4 is 5.32 Å². The molecule has 0 spiro atoms. The normalized spacial score (nSPS) is 18.8. The minimum atomic E-state index is -1.58. The predicted octanol–water partition coefficient (Wildman–Crippen LogP) is 16.5. The minimum Gasteiger partial charge on any atom is -0.466 e. The van der Waals surface area contributed by atoms with Crippen molar-refractivity contribution in [2.75, 3.05) is 19.8 Å². The van der Waals surface area contributed by atoms with E-state index in [2.05, 4.69) is 79.1 Å². The zero-order chi connectivity index (χ0) is 58.7. The second-order valence-corrected chi connectivity index (χ2v) is 22.8. The number of rotatable bonds is 57. The molecule has 1 aliphatic heterocycles. The Hall–Kier alpha value is -3.16. The SMILES string of the molecule is C/C=C/CC/C=C/CC/C=C/C(O)C(COC1OC(CO)C(O)C(O)C1O)NC(=O)CCCCCCCCCCCCC/C=C\C/C=C\CCCCCCCCCCCOC(=O)CCCCCCCCC/C=C\C/C=C\CCCCC. The lowest BCUT2D eigenvalue weighted by Gasteiger charge is -2.40. The van der Waals surface area contributed by atoms with E-state index in [1.165, 1.54) is 167 Å². The van der Waals surface area contributed by atoms with Gasteiger partial charge in [-0.25, -0.2) is 0 Å². The molecule has 11 nitrogen and oxygen atoms in total. The molecule has 1 fully saturated rings. The zero-order valence-electron chi connectivity index (χ0n) is 51.7. The Bertz CT molecular complexity index is 1620. The molecule has 0 aliphatic carbocycles. The maximum Gasteiger partial charge on any atom is 0.305 e. The summed E-state index contributed by atoms with van der Waals surface area (Å²) < 4.78 is 16.7. The maximum atomic E-state index is 13.0. The van der Waals surface area contributed by atoms with Crippen LogP contribution in [0.25, 0.3) is 0 Å². The Morgan fingerprint density at radius 1 is 0.481 bits per heavy atom. The van der Waals surface area contributed by atoms with Crippen molar-refractivity contribution in [3.8, 4) is 0 Å². The molecule has 0 bridgehead atoms. The van der Waals surface area contributed by atoms with Gasteiger partial charge in [-0.1, -0.05) is 240 Å². The predicted molar refractivity (Wildman–Crippen MR) is 338 cm³/mol. The Labute approximate surface area is 495 Å². The molecule has 0 aromatic heterocycles. The van der Waals surface area contributed by atoms with Crippen molar-refractivity contribution in [3.05, 3.63) is 85.1 Å². The molecule has 1 aliphatic rings. The average Bonchev–Trinajstić information content (AvgIpc) is 3.49. The summed E-state index contributed by atoms with van der Waals surface area (Å²) in [5.41, 5.74) is 0. The van der Waals surface area contributed by atoms with E-state index in [-0.39, 0.29) is 18.5 Å². The van der Waals surface area contributed by atoms with Gasteiger partial charge in [0.15, 0.2) is 6.29 Å². The number of aliphatic hydroxyl groups is 5. The molecule has 1 amide bonds. The van der Waals surface area contributed by atoms with Crippen molar-refractivity contribution >= 4 is 11.9 Å². The van der Waals surface area contributed by atoms with Crippen molar-refractivity contribution in [2.45, 2.75) is 326 Å². The number of ether oxygens (including phenoxy) is 3. The Morgan fingerprint density at radius 2 is 0.889 bits per heavy atom. The molecule has 0 aromatic carbocycles. The van der Waals surface area contributed by atoms with Crippen LogP contribution in [0.3, 0.4) is 0 Å². The summed E-state index contributed by atoms with van der Waals surface area (Å²) in [6.07, 6.45) is 70.2. The number of nitrogens with one attached hydrogen (secondary N) is 1. The fourth-order valence-corrected chi connectivity index (χ4v) is 10.0. The van der Waals surface area contributed by atoms with Gasteiger partial charge in [0, 0.05) is 12.8 Å². The molecule has 81 heavy (non-hydrogen) atoms. The number of unbranched alkanes of at least 4 members (excludes halogenated alkanes) is 32. The third-order valence-electron chi connectivity index (χ3n) is 15.3. The molecule has 468 valence electrons. The standard InChI is InChI=1S/C70H123NO10/c1-3-5-7-9-11-13-14-15-16-28-32-35-38-42-46-50-54-58-66(75)79-59-55-51-47-43-39-36-33-30-27-25-23-21-19-17-18-20-22-24-26-29-31-34-37-41-45-49-53-57-65(74)71-62(63(73)56-52-48-44-40-12-10-8-6-4-2)61-80-70-69(78)68(77)67(76)64(60-72)81-70/h4,6,11-13,15-18,21,23,40,52,56,62-64,67-70,72-73,76-78H,3,5,7-10,14,19-20,22,24-39,41-51,53-55,57-61H2,1-2H3,(H,71,74)/b6-4+,13-11-,16-15-,18-17-,23-21-,40-12+,56-52+. The largest absolute Gasteiger partial charge is 0.466 e. The van der Waals surface area contributed by atoms with Crippen LogP contribution in [0.5, 0.6) is 0 Å². The highest BCUT2D eigenvalue weighted by Gasteiger charge is 2.44. The number of hydrogen-bond donors (Lipinski definition) is 6. The lowest BCUT2D eigenvalue weighted by Crippen LogP contribution is -2.60. The first-order valence-electron chi connectivity index (χ1n) is 33.3. The highest BCUT2D eigenvalue weighted by molar-refractivity contribution is 5.76. The van der Waals surface area contributed by atoms with E-state index in [1.807, 2.05) is 19.1 Å². The topological polar surface area (TPSA) is 175 Å². The second-order valence-electron chi connectivity index (χ2n) is 22.8. The first-order valence-corrected chi connectivity index (χ1v) is 33.3. The van der Waals surface area contributed by atoms with E-state index in [0.29, 0.717) is 19.4 Å². The number of hydrogen-bond acceptors (Lipinski definition) is 10. The van der Waals surface area contributed by atoms with Gasteiger partial charge >= 0.3 is 5.97 Å². The molecule has 6 N–H and O–H groups in total. The van der Waals surface area contributed by atoms with Gasteiger partial charge in [-0.15, -0.1) is 0 Å². The summed E-state index contributed by atoms with van der Waals surface area (Å²) in [7, 11) is 0. The molecule has 0 aromatic rings. The number of carbonyl (C=O) groups excluding carboxylic acids is 2. The van der Waals surface area contributed by atoms with Crippen LogP contribution in [0.1, 0.15) is 284 Å². The molecule has 11 heteroatoms. The summed E-state index contributed by atoms with van der Waals surface area (Å²) in [5, 5.41) is 54.2. The van der Waals surface area contributed by atoms with Gasteiger partial charge in [-0.2, -0.15) is 0 Å². The van der Waals surface area contributed by atoms with E-state index < -0.39 is 49.5 Å². The number of allylic oxidation sites excluding steroid dienone is 13. The van der Waals surface area contributed by atoms with Gasteiger partial charge in [-0.3, -0.25) is 9.59 Å². The van der Waals surface area contributed by atoms with Crippen LogP contribution in [0.4, 0.5) is 0 Å². The van der Waals surface area contributed by atoms with Crippen molar-refractivity contribution in [1.29, 1.82) is 0 Å². The summed E-state index contributed by atoms with van der Waals surface area (Å²) in [6, 6.07) is -0.838. The summed E-state index contributed by atoms with van der Waals surface area (Å²) in [4.78, 5) is 25.1. The van der Waals surface area contributed by atoms with Crippen LogP contribution in [0.2, 0.25) is 0 Å². The lowest BCUT2D eigenvalue weighted by atomic mass is 9.99. The van der Waals surface area contributed by atoms with E-state index in [0.717, 1.165) is 89.9 Å². The number of esters is 1. The number of amides is 1. The summed E-state index contributed by atoms with van der Waals surface area (Å²) >= 11 is 0. The number of aliphatic hydroxyl groups excluding tert-OH is 5. The molecular formula is C70H123NO10. The van der Waals surface area contributed by atoms with Gasteiger partial charge < -0.3 is 45.1 Å². The molecule has 1 heterocycles. The summed E-state index contributed by atoms with van der Waals surface area (Å²) in [5.74, 6) is -0.212. The van der Waals surface area contributed by atoms with Crippen LogP contribution in [0.15, 0.2) is 85.1 Å². The molecule has 0 saturated carbocycles. The Balaban J connectivity index is 1.96. The second kappa shape index (κ2) is 58.6. The highest BCUT2D eigenvalue weighted by Crippen LogP contribution is 2.23. The van der Waals surface area contributed by atoms with Crippen molar-refractivity contribution in [1.82, 2.24) is 5.32 Å². The quantitative estimate of drug-likeness (QED) is 0.0195. The van der Waals surface area contributed by atoms with Crippen LogP contribution in [0, 0.1) is 0 Å². The van der Waals surface area contributed by atoms with Crippen LogP contribution in [-0.2, 0) is 23.8 Å². The van der Waals surface area contributed by atoms with Crippen LogP contribution >= 0.6 is 0 Å². The third kappa shape index (κ3) is 47.8. The number of carbonyl (C=O) groups is 2. The molecule has 7 atom stereocenters. The third-order valence-corrected chi connectivity index (χ3v) is 15.3. The van der Waals surface area contributed by atoms with Crippen LogP contribution in [-0.4, -0.2) is 100 Å². The minimum absolute atomic E-state index is 0.00826. The molecule has 1 saturated heterocycles. The smallest absolute Gasteiger partial charge is 0.305 e. The Morgan fingerprint density at radius 3 is 1.36 bits per heavy atom. The van der Waals surface area contributed by atoms with Gasteiger partial charge in [0.1, 0.15) is 24.4 Å². The van der Waals surface area contributed by atoms with Crippen molar-refractivity contribution in [2.24, 2.45) is 0 Å². The van der Waals surface area contributed by atoms with E-state index in [1.54, 1.807) is 6.08 Å². The van der Waals surface area contributed by atoms with Gasteiger partial charge in [-0.05, 0) is 116 Å². The first kappa shape index (κ1) is 75.9. The fraction of sp³-hybridized carbons (Fsp3) is 0.771. The van der Waals surface area contributed by atoms with Gasteiger partial charge in [0.25, 0.3) is 0 Å². The maximum absolute atomic E-state index is 13.0. The lowest BCUT2D eigenvalue weighted by molar-refractivity contribution is -0.302. The first-order chi connectivity index (χ1) is 39.7. The molecular weight excluding hydrogens is 1010 g/mol. The molecule has 0 radical (unpaired) electrons. The zero-order valence-corrected chi connectivity index (χ0v) is 51.7. The van der Waals surface area contributed by atoms with Crippen molar-refractivity contribution in [3.63, 3.8) is 0 Å². The van der Waals surface area contributed by atoms with E-state index in [4.69, 9.17) is 14.2 Å². The Kier molecular flexibility index (Phi) is 54.9. The van der Waals surface area contributed by atoms with Gasteiger partial charge in [0.05, 0.1) is 32.0 Å². The summed E-state index contributed by atoms with van der Waals surface area (Å²) in [6.45, 7) is 4.06. The highest BCUT2D eigenvalue weighted by atomic mass is 16.7.